The largest absolute Gasteiger partial charge is 0.382 e. The van der Waals surface area contributed by atoms with Gasteiger partial charge in [0.25, 0.3) is 11.6 Å². The molecule has 0 fully saturated rings. The Morgan fingerprint density at radius 3 is 2.83 bits per heavy atom. The van der Waals surface area contributed by atoms with Crippen molar-refractivity contribution in [1.82, 2.24) is 5.48 Å². The normalized spacial score (nSPS) is 10.1. The summed E-state index contributed by atoms with van der Waals surface area (Å²) < 4.78 is 4.71. The van der Waals surface area contributed by atoms with Crippen LogP contribution in [0, 0.1) is 10.1 Å². The molecule has 0 atom stereocenters. The fraction of sp³-hybridized carbons (Fsp3) is 0.300. The van der Waals surface area contributed by atoms with E-state index in [4.69, 9.17) is 21.2 Å². The second kappa shape index (κ2) is 6.90. The first-order valence-corrected chi connectivity index (χ1v) is 5.29. The number of benzene rings is 1. The van der Waals surface area contributed by atoms with Crippen LogP contribution in [0.25, 0.3) is 0 Å². The zero-order chi connectivity index (χ0) is 13.5. The molecule has 0 saturated carbocycles. The van der Waals surface area contributed by atoms with Crippen molar-refractivity contribution in [2.24, 2.45) is 0 Å². The van der Waals surface area contributed by atoms with Crippen LogP contribution in [0.3, 0.4) is 0 Å². The maximum atomic E-state index is 11.6. The SMILES string of the molecule is COCCONC(=O)c1ccc(Cl)c([N+](=O)[O-])c1. The second-order valence-electron chi connectivity index (χ2n) is 3.20. The van der Waals surface area contributed by atoms with E-state index in [-0.39, 0.29) is 22.9 Å². The van der Waals surface area contributed by atoms with Gasteiger partial charge in [-0.25, -0.2) is 5.48 Å². The molecule has 98 valence electrons. The van der Waals surface area contributed by atoms with Crippen LogP contribution in [0.5, 0.6) is 0 Å². The molecule has 1 amide bonds. The number of nitro benzene ring substituents is 1. The third kappa shape index (κ3) is 3.95. The molecule has 0 aromatic heterocycles. The predicted octanol–water partition coefficient (Wildman–Crippen LogP) is 1.56. The van der Waals surface area contributed by atoms with Crippen molar-refractivity contribution in [1.29, 1.82) is 0 Å². The lowest BCUT2D eigenvalue weighted by molar-refractivity contribution is -0.384. The Kier molecular flexibility index (Phi) is 5.50. The number of carbonyl (C=O) groups excluding carboxylic acids is 1. The van der Waals surface area contributed by atoms with Crippen LogP contribution in [0.4, 0.5) is 5.69 Å². The van der Waals surface area contributed by atoms with Crippen molar-refractivity contribution in [3.05, 3.63) is 38.9 Å². The smallest absolute Gasteiger partial charge is 0.288 e. The van der Waals surface area contributed by atoms with Crippen molar-refractivity contribution < 1.29 is 19.3 Å². The average molecular weight is 275 g/mol. The fourth-order valence-corrected chi connectivity index (χ4v) is 1.28. The van der Waals surface area contributed by atoms with Gasteiger partial charge in [-0.15, -0.1) is 0 Å². The number of methoxy groups -OCH3 is 1. The topological polar surface area (TPSA) is 90.7 Å². The Labute approximate surface area is 108 Å². The van der Waals surface area contributed by atoms with Crippen molar-refractivity contribution in [2.75, 3.05) is 20.3 Å². The first kappa shape index (κ1) is 14.4. The van der Waals surface area contributed by atoms with E-state index in [0.29, 0.717) is 6.61 Å². The van der Waals surface area contributed by atoms with Gasteiger partial charge in [0.1, 0.15) is 5.02 Å². The highest BCUT2D eigenvalue weighted by atomic mass is 35.5. The van der Waals surface area contributed by atoms with Gasteiger partial charge >= 0.3 is 0 Å². The van der Waals surface area contributed by atoms with E-state index >= 15 is 0 Å². The summed E-state index contributed by atoms with van der Waals surface area (Å²) in [6.45, 7) is 0.499. The lowest BCUT2D eigenvalue weighted by Gasteiger charge is -2.05. The van der Waals surface area contributed by atoms with E-state index in [1.54, 1.807) is 0 Å². The lowest BCUT2D eigenvalue weighted by atomic mass is 10.2. The van der Waals surface area contributed by atoms with E-state index in [1.807, 2.05) is 0 Å². The fourth-order valence-electron chi connectivity index (χ4n) is 1.09. The molecule has 1 aromatic carbocycles. The van der Waals surface area contributed by atoms with Gasteiger partial charge in [0.2, 0.25) is 0 Å². The molecule has 7 nitrogen and oxygen atoms in total. The van der Waals surface area contributed by atoms with Gasteiger partial charge in [-0.2, -0.15) is 0 Å². The van der Waals surface area contributed by atoms with E-state index in [1.165, 1.54) is 19.2 Å². The Hall–Kier alpha value is -1.70. The number of rotatable bonds is 6. The van der Waals surface area contributed by atoms with Crippen LogP contribution in [-0.4, -0.2) is 31.2 Å². The Morgan fingerprint density at radius 1 is 1.50 bits per heavy atom. The summed E-state index contributed by atoms with van der Waals surface area (Å²) in [5.41, 5.74) is 1.89. The van der Waals surface area contributed by atoms with Crippen LogP contribution in [-0.2, 0) is 9.57 Å². The third-order valence-electron chi connectivity index (χ3n) is 1.96. The Balaban J connectivity index is 2.68. The van der Waals surface area contributed by atoms with Gasteiger partial charge in [-0.05, 0) is 12.1 Å². The number of carbonyl (C=O) groups is 1. The van der Waals surface area contributed by atoms with Gasteiger partial charge < -0.3 is 4.74 Å². The van der Waals surface area contributed by atoms with Crippen LogP contribution in [0.2, 0.25) is 5.02 Å². The minimum atomic E-state index is -0.662. The number of halogens is 1. The zero-order valence-electron chi connectivity index (χ0n) is 9.51. The molecule has 0 aliphatic rings. The second-order valence-corrected chi connectivity index (χ2v) is 3.60. The van der Waals surface area contributed by atoms with Crippen molar-refractivity contribution >= 4 is 23.2 Å². The van der Waals surface area contributed by atoms with Gasteiger partial charge in [0.05, 0.1) is 18.1 Å². The van der Waals surface area contributed by atoms with Crippen molar-refractivity contribution in [2.45, 2.75) is 0 Å². The third-order valence-corrected chi connectivity index (χ3v) is 2.28. The molecule has 0 radical (unpaired) electrons. The molecule has 18 heavy (non-hydrogen) atoms. The molecule has 0 bridgehead atoms. The monoisotopic (exact) mass is 274 g/mol. The minimum absolute atomic E-state index is 0.0307. The highest BCUT2D eigenvalue weighted by molar-refractivity contribution is 6.32. The molecular formula is C10H11ClN2O5. The molecule has 0 unspecified atom stereocenters. The van der Waals surface area contributed by atoms with Gasteiger partial charge in [-0.1, -0.05) is 11.6 Å². The molecule has 8 heteroatoms. The summed E-state index contributed by atoms with van der Waals surface area (Å²) in [7, 11) is 1.49. The van der Waals surface area contributed by atoms with E-state index < -0.39 is 10.8 Å². The summed E-state index contributed by atoms with van der Waals surface area (Å²) in [4.78, 5) is 26.3. The number of amides is 1. The molecule has 1 aromatic rings. The lowest BCUT2D eigenvalue weighted by Crippen LogP contribution is -2.25. The number of hydrogen-bond acceptors (Lipinski definition) is 5. The zero-order valence-corrected chi connectivity index (χ0v) is 10.3. The van der Waals surface area contributed by atoms with Gasteiger partial charge in [0.15, 0.2) is 0 Å². The molecular weight excluding hydrogens is 264 g/mol. The Bertz CT molecular complexity index is 452. The number of ether oxygens (including phenoxy) is 1. The molecule has 1 rings (SSSR count). The highest BCUT2D eigenvalue weighted by Gasteiger charge is 2.16. The Morgan fingerprint density at radius 2 is 2.22 bits per heavy atom. The maximum absolute atomic E-state index is 11.6. The predicted molar refractivity (Wildman–Crippen MR) is 63.4 cm³/mol. The van der Waals surface area contributed by atoms with Crippen molar-refractivity contribution in [3.8, 4) is 0 Å². The van der Waals surface area contributed by atoms with Crippen molar-refractivity contribution in [3.63, 3.8) is 0 Å². The van der Waals surface area contributed by atoms with E-state index in [0.717, 1.165) is 6.07 Å². The standard InChI is InChI=1S/C10H11ClN2O5/c1-17-4-5-18-12-10(14)7-2-3-8(11)9(6-7)13(15)16/h2-3,6H,4-5H2,1H3,(H,12,14). The van der Waals surface area contributed by atoms with Gasteiger partial charge in [-0.3, -0.25) is 19.7 Å². The average Bonchev–Trinajstić information content (AvgIpc) is 2.34. The number of nitrogens with zero attached hydrogens (tertiary/aromatic N) is 1. The number of nitro groups is 1. The first-order chi connectivity index (χ1) is 8.56. The summed E-state index contributed by atoms with van der Waals surface area (Å²) in [6.07, 6.45) is 0. The number of hydroxylamine groups is 1. The summed E-state index contributed by atoms with van der Waals surface area (Å²) >= 11 is 5.62. The van der Waals surface area contributed by atoms with E-state index in [2.05, 4.69) is 5.48 Å². The van der Waals surface area contributed by atoms with Crippen LogP contribution >= 0.6 is 11.6 Å². The summed E-state index contributed by atoms with van der Waals surface area (Å²) in [6, 6.07) is 3.73. The van der Waals surface area contributed by atoms with Crippen LogP contribution in [0.1, 0.15) is 10.4 Å². The minimum Gasteiger partial charge on any atom is -0.382 e. The molecule has 0 heterocycles. The highest BCUT2D eigenvalue weighted by Crippen LogP contribution is 2.24. The first-order valence-electron chi connectivity index (χ1n) is 4.91. The van der Waals surface area contributed by atoms with Crippen LogP contribution < -0.4 is 5.48 Å². The van der Waals surface area contributed by atoms with Crippen LogP contribution in [0.15, 0.2) is 18.2 Å². The van der Waals surface area contributed by atoms with E-state index in [9.17, 15) is 14.9 Å². The molecule has 0 aliphatic carbocycles. The molecule has 0 saturated heterocycles. The summed E-state index contributed by atoms with van der Waals surface area (Å²) in [5, 5.41) is 10.6. The van der Waals surface area contributed by atoms with Gasteiger partial charge in [0, 0.05) is 18.7 Å². The molecule has 0 spiro atoms. The molecule has 0 aliphatic heterocycles. The number of hydrogen-bond donors (Lipinski definition) is 1. The summed E-state index contributed by atoms with van der Waals surface area (Å²) in [5.74, 6) is -0.592. The maximum Gasteiger partial charge on any atom is 0.288 e. The number of nitrogens with one attached hydrogen (secondary N) is 1. The quantitative estimate of drug-likeness (QED) is 0.483. The molecule has 1 N–H and O–H groups in total.